The second-order valence-corrected chi connectivity index (χ2v) is 6.22. The Morgan fingerprint density at radius 2 is 1.94 bits per heavy atom. The van der Waals surface area contributed by atoms with Gasteiger partial charge in [-0.05, 0) is 36.9 Å². The van der Waals surface area contributed by atoms with E-state index in [1.165, 1.54) is 0 Å². The Kier molecular flexibility index (Phi) is 6.30. The molecule has 0 radical (unpaired) electrons. The van der Waals surface area contributed by atoms with Gasteiger partial charge in [-0.3, -0.25) is 0 Å². The molecule has 0 spiro atoms. The lowest BCUT2D eigenvalue weighted by molar-refractivity contribution is 0.325. The summed E-state index contributed by atoms with van der Waals surface area (Å²) in [6.45, 7) is 9.51. The Morgan fingerprint density at radius 1 is 1.28 bits per heavy atom. The van der Waals surface area contributed by atoms with Crippen LogP contribution in [0.15, 0.2) is 22.7 Å². The molecule has 18 heavy (non-hydrogen) atoms. The van der Waals surface area contributed by atoms with Crippen LogP contribution in [0.3, 0.4) is 0 Å². The number of halogens is 2. The molecule has 1 rings (SSSR count). The standard InChI is InChI=1S/C15H23BrFN/c1-5-18-15(11(4)8-10(2)3)13-7-6-12(16)9-14(13)17/h6-7,9-11,15,18H,5,8H2,1-4H3. The number of hydrogen-bond acceptors (Lipinski definition) is 1. The average molecular weight is 316 g/mol. The van der Waals surface area contributed by atoms with Gasteiger partial charge in [-0.1, -0.05) is 49.7 Å². The van der Waals surface area contributed by atoms with Crippen molar-refractivity contribution in [1.29, 1.82) is 0 Å². The summed E-state index contributed by atoms with van der Waals surface area (Å²) in [7, 11) is 0. The highest BCUT2D eigenvalue weighted by molar-refractivity contribution is 9.10. The summed E-state index contributed by atoms with van der Waals surface area (Å²) in [4.78, 5) is 0. The van der Waals surface area contributed by atoms with Gasteiger partial charge < -0.3 is 5.32 Å². The lowest BCUT2D eigenvalue weighted by Crippen LogP contribution is -2.28. The van der Waals surface area contributed by atoms with Crippen LogP contribution >= 0.6 is 15.9 Å². The average Bonchev–Trinajstić information content (AvgIpc) is 2.25. The third kappa shape index (κ3) is 4.36. The Labute approximate surface area is 118 Å². The largest absolute Gasteiger partial charge is 0.310 e. The zero-order valence-electron chi connectivity index (χ0n) is 11.6. The van der Waals surface area contributed by atoms with Crippen LogP contribution < -0.4 is 5.32 Å². The van der Waals surface area contributed by atoms with Crippen LogP contribution in [0.4, 0.5) is 4.39 Å². The molecular formula is C15H23BrFN. The van der Waals surface area contributed by atoms with Crippen molar-refractivity contribution in [3.8, 4) is 0 Å². The van der Waals surface area contributed by atoms with Gasteiger partial charge >= 0.3 is 0 Å². The monoisotopic (exact) mass is 315 g/mol. The minimum atomic E-state index is -0.133. The Balaban J connectivity index is 2.96. The summed E-state index contributed by atoms with van der Waals surface area (Å²) in [6.07, 6.45) is 1.09. The van der Waals surface area contributed by atoms with Crippen molar-refractivity contribution < 1.29 is 4.39 Å². The van der Waals surface area contributed by atoms with Crippen molar-refractivity contribution in [1.82, 2.24) is 5.32 Å². The molecule has 2 unspecified atom stereocenters. The molecule has 0 bridgehead atoms. The molecular weight excluding hydrogens is 293 g/mol. The van der Waals surface area contributed by atoms with Gasteiger partial charge in [-0.2, -0.15) is 0 Å². The normalized spacial score (nSPS) is 14.8. The Morgan fingerprint density at radius 3 is 2.44 bits per heavy atom. The SMILES string of the molecule is CCNC(c1ccc(Br)cc1F)C(C)CC(C)C. The number of nitrogens with one attached hydrogen (secondary N) is 1. The second-order valence-electron chi connectivity index (χ2n) is 5.31. The first kappa shape index (κ1) is 15.6. The Bertz CT molecular complexity index is 379. The van der Waals surface area contributed by atoms with Crippen molar-refractivity contribution in [3.63, 3.8) is 0 Å². The molecule has 0 aliphatic heterocycles. The van der Waals surface area contributed by atoms with E-state index in [1.54, 1.807) is 6.07 Å². The summed E-state index contributed by atoms with van der Waals surface area (Å²) in [6, 6.07) is 5.42. The molecule has 102 valence electrons. The first-order chi connectivity index (χ1) is 8.45. The predicted octanol–water partition coefficient (Wildman–Crippen LogP) is 4.92. The second kappa shape index (κ2) is 7.25. The molecule has 0 aromatic heterocycles. The highest BCUT2D eigenvalue weighted by Crippen LogP contribution is 2.30. The quantitative estimate of drug-likeness (QED) is 0.785. The summed E-state index contributed by atoms with van der Waals surface area (Å²) < 4.78 is 14.8. The molecule has 1 aromatic carbocycles. The van der Waals surface area contributed by atoms with Crippen molar-refractivity contribution in [2.75, 3.05) is 6.54 Å². The van der Waals surface area contributed by atoms with Crippen LogP contribution in [-0.4, -0.2) is 6.54 Å². The fourth-order valence-corrected chi connectivity index (χ4v) is 2.80. The maximum atomic E-state index is 14.1. The van der Waals surface area contributed by atoms with Gasteiger partial charge in [0.05, 0.1) is 0 Å². The van der Waals surface area contributed by atoms with Crippen molar-refractivity contribution in [2.45, 2.75) is 40.2 Å². The van der Waals surface area contributed by atoms with E-state index < -0.39 is 0 Å². The van der Waals surface area contributed by atoms with E-state index in [-0.39, 0.29) is 11.9 Å². The fraction of sp³-hybridized carbons (Fsp3) is 0.600. The maximum absolute atomic E-state index is 14.1. The first-order valence-electron chi connectivity index (χ1n) is 6.64. The smallest absolute Gasteiger partial charge is 0.129 e. The molecule has 0 aliphatic rings. The molecule has 1 aromatic rings. The third-order valence-corrected chi connectivity index (χ3v) is 3.63. The molecule has 0 heterocycles. The van der Waals surface area contributed by atoms with Gasteiger partial charge in [0.25, 0.3) is 0 Å². The first-order valence-corrected chi connectivity index (χ1v) is 7.43. The van der Waals surface area contributed by atoms with E-state index >= 15 is 0 Å². The molecule has 0 amide bonds. The van der Waals surface area contributed by atoms with Gasteiger partial charge in [0, 0.05) is 16.1 Å². The van der Waals surface area contributed by atoms with Gasteiger partial charge in [0.2, 0.25) is 0 Å². The third-order valence-electron chi connectivity index (χ3n) is 3.13. The molecule has 1 N–H and O–H groups in total. The highest BCUT2D eigenvalue weighted by atomic mass is 79.9. The van der Waals surface area contributed by atoms with Crippen LogP contribution in [0.5, 0.6) is 0 Å². The molecule has 3 heteroatoms. The van der Waals surface area contributed by atoms with Crippen LogP contribution in [0.25, 0.3) is 0 Å². The summed E-state index contributed by atoms with van der Waals surface area (Å²) in [5.41, 5.74) is 0.771. The van der Waals surface area contributed by atoms with E-state index in [0.29, 0.717) is 11.8 Å². The number of hydrogen-bond donors (Lipinski definition) is 1. The summed E-state index contributed by atoms with van der Waals surface area (Å²) >= 11 is 3.30. The van der Waals surface area contributed by atoms with Crippen LogP contribution in [-0.2, 0) is 0 Å². The van der Waals surface area contributed by atoms with E-state index in [2.05, 4.69) is 48.9 Å². The highest BCUT2D eigenvalue weighted by Gasteiger charge is 2.22. The minimum absolute atomic E-state index is 0.0884. The van der Waals surface area contributed by atoms with Crippen molar-refractivity contribution in [2.24, 2.45) is 11.8 Å². The van der Waals surface area contributed by atoms with Gasteiger partial charge in [0.1, 0.15) is 5.82 Å². The number of benzene rings is 1. The topological polar surface area (TPSA) is 12.0 Å². The van der Waals surface area contributed by atoms with Crippen LogP contribution in [0.1, 0.15) is 45.7 Å². The molecule has 0 saturated carbocycles. The van der Waals surface area contributed by atoms with Crippen molar-refractivity contribution in [3.05, 3.63) is 34.1 Å². The molecule has 0 fully saturated rings. The zero-order valence-corrected chi connectivity index (χ0v) is 13.2. The molecule has 1 nitrogen and oxygen atoms in total. The Hall–Kier alpha value is -0.410. The van der Waals surface area contributed by atoms with Crippen LogP contribution in [0, 0.1) is 17.7 Å². The fourth-order valence-electron chi connectivity index (χ4n) is 2.47. The van der Waals surface area contributed by atoms with E-state index in [9.17, 15) is 4.39 Å². The van der Waals surface area contributed by atoms with E-state index in [1.807, 2.05) is 12.1 Å². The summed E-state index contributed by atoms with van der Waals surface area (Å²) in [5, 5.41) is 3.41. The lowest BCUT2D eigenvalue weighted by atomic mass is 9.87. The molecule has 0 saturated heterocycles. The zero-order chi connectivity index (χ0) is 13.7. The minimum Gasteiger partial charge on any atom is -0.310 e. The lowest BCUT2D eigenvalue weighted by Gasteiger charge is -2.27. The maximum Gasteiger partial charge on any atom is 0.129 e. The molecule has 2 atom stereocenters. The van der Waals surface area contributed by atoms with Crippen LogP contribution in [0.2, 0.25) is 0 Å². The van der Waals surface area contributed by atoms with Gasteiger partial charge in [0.15, 0.2) is 0 Å². The van der Waals surface area contributed by atoms with Gasteiger partial charge in [-0.15, -0.1) is 0 Å². The van der Waals surface area contributed by atoms with Gasteiger partial charge in [-0.25, -0.2) is 4.39 Å². The number of rotatable bonds is 6. The van der Waals surface area contributed by atoms with E-state index in [0.717, 1.165) is 23.0 Å². The summed E-state index contributed by atoms with van der Waals surface area (Å²) in [5.74, 6) is 0.909. The van der Waals surface area contributed by atoms with Crippen molar-refractivity contribution >= 4 is 15.9 Å². The predicted molar refractivity (Wildman–Crippen MR) is 79.1 cm³/mol. The molecule has 0 aliphatic carbocycles. The van der Waals surface area contributed by atoms with E-state index in [4.69, 9.17) is 0 Å².